The first-order valence-electron chi connectivity index (χ1n) is 11.9. The summed E-state index contributed by atoms with van der Waals surface area (Å²) >= 11 is 3.38. The minimum Gasteiger partial charge on any atom is -0.475 e. The van der Waals surface area contributed by atoms with Crippen molar-refractivity contribution >= 4 is 27.8 Å². The molecule has 1 fully saturated rings. The van der Waals surface area contributed by atoms with Gasteiger partial charge in [0, 0.05) is 30.8 Å². The van der Waals surface area contributed by atoms with Crippen LogP contribution in [0, 0.1) is 6.92 Å². The third-order valence-corrected chi connectivity index (χ3v) is 6.41. The summed E-state index contributed by atoms with van der Waals surface area (Å²) in [6.07, 6.45) is 5.38. The van der Waals surface area contributed by atoms with Gasteiger partial charge in [-0.2, -0.15) is 9.97 Å². The molecule has 1 aromatic carbocycles. The first-order valence-corrected chi connectivity index (χ1v) is 12.7. The Morgan fingerprint density at radius 2 is 2.00 bits per heavy atom. The van der Waals surface area contributed by atoms with E-state index in [4.69, 9.17) is 9.26 Å². The van der Waals surface area contributed by atoms with Crippen LogP contribution in [0.5, 0.6) is 5.88 Å². The standard InChI is InChI=1S/C26H26BrN7O3/c1-15-30-23(33-37-15)17-6-8-19(20(12-17)16-4-5-16)22-9-7-18(13-28-22)24(35)31-26-29-14-21(27)25(32-26)36-11-10-34(2)3/h6-9,12-14,16H,4-5,10-11H2,1-3H3,(H,29,31,32,35). The minimum atomic E-state index is -0.356. The van der Waals surface area contributed by atoms with Crippen LogP contribution in [0.15, 0.2) is 51.7 Å². The highest BCUT2D eigenvalue weighted by Crippen LogP contribution is 2.45. The van der Waals surface area contributed by atoms with Gasteiger partial charge >= 0.3 is 0 Å². The van der Waals surface area contributed by atoms with E-state index in [0.717, 1.165) is 36.2 Å². The number of nitrogens with zero attached hydrogens (tertiary/aromatic N) is 6. The van der Waals surface area contributed by atoms with Crippen LogP contribution in [-0.2, 0) is 0 Å². The van der Waals surface area contributed by atoms with E-state index in [1.54, 1.807) is 25.4 Å². The number of hydrogen-bond donors (Lipinski definition) is 1. The number of aromatic nitrogens is 5. The molecule has 0 unspecified atom stereocenters. The molecule has 5 rings (SSSR count). The van der Waals surface area contributed by atoms with Crippen LogP contribution in [0.25, 0.3) is 22.6 Å². The van der Waals surface area contributed by atoms with Gasteiger partial charge in [-0.15, -0.1) is 0 Å². The Hall–Kier alpha value is -3.70. The Morgan fingerprint density at radius 1 is 1.16 bits per heavy atom. The molecule has 1 saturated carbocycles. The smallest absolute Gasteiger partial charge is 0.259 e. The number of pyridine rings is 1. The zero-order valence-corrected chi connectivity index (χ0v) is 22.3. The van der Waals surface area contributed by atoms with Crippen molar-refractivity contribution in [1.29, 1.82) is 0 Å². The number of halogens is 1. The monoisotopic (exact) mass is 563 g/mol. The van der Waals surface area contributed by atoms with Gasteiger partial charge in [-0.1, -0.05) is 17.3 Å². The van der Waals surface area contributed by atoms with Crippen LogP contribution in [0.4, 0.5) is 5.95 Å². The number of rotatable bonds is 9. The zero-order valence-electron chi connectivity index (χ0n) is 20.7. The Kier molecular flexibility index (Phi) is 7.24. The molecule has 3 aromatic heterocycles. The molecular formula is C26H26BrN7O3. The molecule has 1 N–H and O–H groups in total. The lowest BCUT2D eigenvalue weighted by molar-refractivity contribution is 0.102. The quantitative estimate of drug-likeness (QED) is 0.308. The van der Waals surface area contributed by atoms with E-state index >= 15 is 0 Å². The molecule has 1 amide bonds. The average Bonchev–Trinajstić information content (AvgIpc) is 3.65. The molecule has 1 aliphatic rings. The number of carbonyl (C=O) groups excluding carboxylic acids is 1. The van der Waals surface area contributed by atoms with E-state index in [-0.39, 0.29) is 11.9 Å². The number of anilines is 1. The Bertz CT molecular complexity index is 1420. The third-order valence-electron chi connectivity index (χ3n) is 5.87. The molecule has 3 heterocycles. The maximum Gasteiger partial charge on any atom is 0.259 e. The van der Waals surface area contributed by atoms with E-state index in [2.05, 4.69) is 52.4 Å². The molecule has 0 radical (unpaired) electrons. The Labute approximate surface area is 222 Å². The van der Waals surface area contributed by atoms with Gasteiger partial charge in [-0.05, 0) is 72.5 Å². The molecule has 0 bridgehead atoms. The molecule has 0 aliphatic heterocycles. The Balaban J connectivity index is 1.31. The molecule has 37 heavy (non-hydrogen) atoms. The molecule has 0 saturated heterocycles. The highest BCUT2D eigenvalue weighted by Gasteiger charge is 2.27. The first-order chi connectivity index (χ1) is 17.9. The van der Waals surface area contributed by atoms with Gasteiger partial charge < -0.3 is 14.2 Å². The van der Waals surface area contributed by atoms with E-state index in [1.807, 2.05) is 37.2 Å². The van der Waals surface area contributed by atoms with Crippen LogP contribution < -0.4 is 10.1 Å². The van der Waals surface area contributed by atoms with Gasteiger partial charge in [0.15, 0.2) is 0 Å². The lowest BCUT2D eigenvalue weighted by Gasteiger charge is -2.12. The SMILES string of the molecule is Cc1nc(-c2ccc(-c3ccc(C(=O)Nc4ncc(Br)c(OCCN(C)C)n4)cn3)c(C3CC3)c2)no1. The topological polar surface area (TPSA) is 119 Å². The summed E-state index contributed by atoms with van der Waals surface area (Å²) in [5, 5.41) is 6.75. The summed E-state index contributed by atoms with van der Waals surface area (Å²) in [7, 11) is 3.92. The lowest BCUT2D eigenvalue weighted by Crippen LogP contribution is -2.20. The predicted molar refractivity (Wildman–Crippen MR) is 141 cm³/mol. The average molecular weight is 564 g/mol. The number of nitrogens with one attached hydrogen (secondary N) is 1. The number of benzene rings is 1. The molecule has 1 aliphatic carbocycles. The van der Waals surface area contributed by atoms with Crippen molar-refractivity contribution in [3.05, 3.63) is 64.2 Å². The number of ether oxygens (including phenoxy) is 1. The third kappa shape index (κ3) is 6.00. The number of carbonyl (C=O) groups is 1. The normalized spacial score (nSPS) is 13.1. The molecule has 10 nitrogen and oxygen atoms in total. The highest BCUT2D eigenvalue weighted by atomic mass is 79.9. The zero-order chi connectivity index (χ0) is 25.9. The number of likely N-dealkylation sites (N-methyl/N-ethyl adjacent to an activating group) is 1. The van der Waals surface area contributed by atoms with Crippen molar-refractivity contribution < 1.29 is 14.1 Å². The van der Waals surface area contributed by atoms with Crippen LogP contribution in [-0.4, -0.2) is 63.1 Å². The van der Waals surface area contributed by atoms with Crippen LogP contribution in [0.1, 0.15) is 40.6 Å². The van der Waals surface area contributed by atoms with Crippen LogP contribution >= 0.6 is 15.9 Å². The molecule has 190 valence electrons. The van der Waals surface area contributed by atoms with E-state index < -0.39 is 0 Å². The second kappa shape index (κ2) is 10.7. The summed E-state index contributed by atoms with van der Waals surface area (Å²) in [5.41, 5.74) is 4.35. The fourth-order valence-corrected chi connectivity index (χ4v) is 4.09. The van der Waals surface area contributed by atoms with Gasteiger partial charge in [0.05, 0.1) is 21.9 Å². The molecular weight excluding hydrogens is 538 g/mol. The van der Waals surface area contributed by atoms with Gasteiger partial charge in [-0.3, -0.25) is 15.1 Å². The van der Waals surface area contributed by atoms with Gasteiger partial charge in [-0.25, -0.2) is 4.98 Å². The van der Waals surface area contributed by atoms with Crippen molar-refractivity contribution in [2.24, 2.45) is 0 Å². The molecule has 11 heteroatoms. The molecule has 0 spiro atoms. The van der Waals surface area contributed by atoms with Crippen molar-refractivity contribution in [3.63, 3.8) is 0 Å². The van der Waals surface area contributed by atoms with Gasteiger partial charge in [0.25, 0.3) is 5.91 Å². The van der Waals surface area contributed by atoms with Gasteiger partial charge in [0.1, 0.15) is 6.61 Å². The van der Waals surface area contributed by atoms with Crippen LogP contribution in [0.2, 0.25) is 0 Å². The van der Waals surface area contributed by atoms with Crippen molar-refractivity contribution in [2.45, 2.75) is 25.7 Å². The van der Waals surface area contributed by atoms with Crippen molar-refractivity contribution in [2.75, 3.05) is 32.6 Å². The molecule has 0 atom stereocenters. The number of aryl methyl sites for hydroxylation is 1. The van der Waals surface area contributed by atoms with E-state index in [9.17, 15) is 4.79 Å². The fourth-order valence-electron chi connectivity index (χ4n) is 3.78. The first kappa shape index (κ1) is 25.0. The number of hydrogen-bond acceptors (Lipinski definition) is 9. The maximum atomic E-state index is 12.8. The summed E-state index contributed by atoms with van der Waals surface area (Å²) in [6.45, 7) is 2.97. The summed E-state index contributed by atoms with van der Waals surface area (Å²) < 4.78 is 11.4. The largest absolute Gasteiger partial charge is 0.475 e. The van der Waals surface area contributed by atoms with Crippen molar-refractivity contribution in [3.8, 4) is 28.5 Å². The van der Waals surface area contributed by atoms with E-state index in [1.165, 1.54) is 5.56 Å². The summed E-state index contributed by atoms with van der Waals surface area (Å²) in [4.78, 5) is 32.2. The lowest BCUT2D eigenvalue weighted by atomic mass is 9.97. The number of amides is 1. The maximum absolute atomic E-state index is 12.8. The van der Waals surface area contributed by atoms with Crippen molar-refractivity contribution in [1.82, 2.24) is 30.0 Å². The second-order valence-electron chi connectivity index (χ2n) is 9.10. The summed E-state index contributed by atoms with van der Waals surface area (Å²) in [6, 6.07) is 9.72. The van der Waals surface area contributed by atoms with E-state index in [0.29, 0.717) is 40.2 Å². The molecule has 4 aromatic rings. The summed E-state index contributed by atoms with van der Waals surface area (Å²) in [5.74, 6) is 1.76. The highest BCUT2D eigenvalue weighted by molar-refractivity contribution is 9.10. The second-order valence-corrected chi connectivity index (χ2v) is 9.95. The van der Waals surface area contributed by atoms with Crippen LogP contribution in [0.3, 0.4) is 0 Å². The fraction of sp³-hybridized carbons (Fsp3) is 0.308. The minimum absolute atomic E-state index is 0.153. The van der Waals surface area contributed by atoms with Gasteiger partial charge in [0.2, 0.25) is 23.5 Å². The predicted octanol–water partition coefficient (Wildman–Crippen LogP) is 4.73. The Morgan fingerprint density at radius 3 is 2.68 bits per heavy atom.